The zero-order valence-corrected chi connectivity index (χ0v) is 14.1. The molecule has 1 amide bonds. The minimum atomic E-state index is -0.287. The van der Waals surface area contributed by atoms with Gasteiger partial charge in [-0.1, -0.05) is 0 Å². The number of nitrogens with two attached hydrogens (primary N) is 1. The first-order valence-corrected chi connectivity index (χ1v) is 7.82. The molecule has 0 fully saturated rings. The summed E-state index contributed by atoms with van der Waals surface area (Å²) in [6.07, 6.45) is 6.70. The summed E-state index contributed by atoms with van der Waals surface area (Å²) in [5.74, 6) is -0.00121. The van der Waals surface area contributed by atoms with Gasteiger partial charge in [-0.05, 0) is 47.5 Å². The topological polar surface area (TPSA) is 64.2 Å². The third kappa shape index (κ3) is 3.68. The lowest BCUT2D eigenvalue weighted by molar-refractivity contribution is -0.125. The van der Waals surface area contributed by atoms with Crippen LogP contribution in [-0.2, 0) is 18.4 Å². The van der Waals surface area contributed by atoms with Gasteiger partial charge in [0, 0.05) is 50.0 Å². The van der Waals surface area contributed by atoms with Gasteiger partial charge >= 0.3 is 0 Å². The Balaban J connectivity index is 1.75. The Morgan fingerprint density at radius 1 is 1.36 bits per heavy atom. The molecule has 0 saturated heterocycles. The Kier molecular flexibility index (Phi) is 4.52. The van der Waals surface area contributed by atoms with E-state index in [2.05, 4.69) is 4.98 Å². The molecule has 128 valence electrons. The van der Waals surface area contributed by atoms with Gasteiger partial charge in [0.05, 0.1) is 0 Å². The highest BCUT2D eigenvalue weighted by molar-refractivity contribution is 5.92. The lowest BCUT2D eigenvalue weighted by Gasteiger charge is -2.14. The molecular weight excluding hydrogens is 319 g/mol. The van der Waals surface area contributed by atoms with E-state index in [0.717, 1.165) is 22.0 Å². The van der Waals surface area contributed by atoms with Crippen molar-refractivity contribution in [3.8, 4) is 0 Å². The molecule has 0 aliphatic rings. The molecule has 3 aromatic rings. The van der Waals surface area contributed by atoms with Crippen LogP contribution in [0.5, 0.6) is 0 Å². The van der Waals surface area contributed by atoms with Crippen LogP contribution in [0.4, 0.5) is 10.2 Å². The number of benzene rings is 1. The number of fused-ring (bicyclic) bond motifs is 1. The second-order valence-electron chi connectivity index (χ2n) is 5.97. The largest absolute Gasteiger partial charge is 0.384 e. The van der Waals surface area contributed by atoms with E-state index in [1.54, 1.807) is 42.4 Å². The highest BCUT2D eigenvalue weighted by Crippen LogP contribution is 2.23. The van der Waals surface area contributed by atoms with E-state index in [1.165, 1.54) is 18.2 Å². The molecule has 5 nitrogen and oxygen atoms in total. The van der Waals surface area contributed by atoms with Crippen molar-refractivity contribution in [1.29, 1.82) is 0 Å². The first-order chi connectivity index (χ1) is 11.9. The summed E-state index contributed by atoms with van der Waals surface area (Å²) in [6, 6.07) is 8.14. The van der Waals surface area contributed by atoms with Crippen molar-refractivity contribution in [1.82, 2.24) is 14.5 Å². The highest BCUT2D eigenvalue weighted by atomic mass is 19.1. The van der Waals surface area contributed by atoms with Gasteiger partial charge < -0.3 is 15.2 Å². The van der Waals surface area contributed by atoms with Crippen molar-refractivity contribution in [2.75, 3.05) is 12.8 Å². The van der Waals surface area contributed by atoms with Crippen LogP contribution >= 0.6 is 0 Å². The van der Waals surface area contributed by atoms with Crippen LogP contribution in [0, 0.1) is 5.82 Å². The van der Waals surface area contributed by atoms with Crippen LogP contribution in [0.15, 0.2) is 48.8 Å². The summed E-state index contributed by atoms with van der Waals surface area (Å²) in [6.45, 7) is 0.393. The number of aromatic nitrogens is 2. The normalized spacial score (nSPS) is 11.3. The number of amides is 1. The second-order valence-corrected chi connectivity index (χ2v) is 5.97. The number of aryl methyl sites for hydroxylation is 1. The standard InChI is InChI=1S/C19H19FN4O/c1-23-11-14(16-9-15(20)5-6-17(16)23)12-24(2)19(25)8-4-13-3-7-18(21)22-10-13/h3-11H,12H2,1-2H3,(H2,21,22)/b8-4+. The van der Waals surface area contributed by atoms with Crippen molar-refractivity contribution >= 4 is 28.7 Å². The molecule has 2 aromatic heterocycles. The maximum absolute atomic E-state index is 13.5. The predicted octanol–water partition coefficient (Wildman–Crippen LogP) is 2.97. The van der Waals surface area contributed by atoms with Gasteiger partial charge in [-0.15, -0.1) is 0 Å². The van der Waals surface area contributed by atoms with E-state index in [-0.39, 0.29) is 11.7 Å². The Bertz CT molecular complexity index is 944. The van der Waals surface area contributed by atoms with Crippen LogP contribution in [0.2, 0.25) is 0 Å². The molecule has 1 aromatic carbocycles. The van der Waals surface area contributed by atoms with Crippen LogP contribution in [0.25, 0.3) is 17.0 Å². The number of nitrogens with zero attached hydrogens (tertiary/aromatic N) is 3. The lowest BCUT2D eigenvalue weighted by atomic mass is 10.1. The maximum atomic E-state index is 13.5. The van der Waals surface area contributed by atoms with Gasteiger partial charge in [0.2, 0.25) is 5.91 Å². The van der Waals surface area contributed by atoms with Gasteiger partial charge in [0.1, 0.15) is 11.6 Å². The summed E-state index contributed by atoms with van der Waals surface area (Å²) in [5.41, 5.74) is 8.16. The summed E-state index contributed by atoms with van der Waals surface area (Å²) in [4.78, 5) is 17.9. The van der Waals surface area contributed by atoms with E-state index < -0.39 is 0 Å². The Morgan fingerprint density at radius 3 is 2.88 bits per heavy atom. The molecule has 6 heteroatoms. The first-order valence-electron chi connectivity index (χ1n) is 7.82. The fourth-order valence-electron chi connectivity index (χ4n) is 2.72. The molecule has 0 aliphatic heterocycles. The molecule has 0 aliphatic carbocycles. The molecule has 0 bridgehead atoms. The molecule has 0 unspecified atom stereocenters. The van der Waals surface area contributed by atoms with Gasteiger partial charge in [-0.25, -0.2) is 9.37 Å². The lowest BCUT2D eigenvalue weighted by Crippen LogP contribution is -2.24. The number of anilines is 1. The SMILES string of the molecule is CN(Cc1cn(C)c2ccc(F)cc12)C(=O)/C=C/c1ccc(N)nc1. The van der Waals surface area contributed by atoms with Gasteiger partial charge in [0.15, 0.2) is 0 Å². The van der Waals surface area contributed by atoms with E-state index in [1.807, 2.05) is 17.8 Å². The number of hydrogen-bond acceptors (Lipinski definition) is 3. The quantitative estimate of drug-likeness (QED) is 0.744. The van der Waals surface area contributed by atoms with Crippen molar-refractivity contribution < 1.29 is 9.18 Å². The predicted molar refractivity (Wildman–Crippen MR) is 97.0 cm³/mol. The Labute approximate surface area is 145 Å². The molecule has 3 rings (SSSR count). The number of nitrogen functional groups attached to an aromatic ring is 1. The number of hydrogen-bond donors (Lipinski definition) is 1. The van der Waals surface area contributed by atoms with Crippen LogP contribution in [0.1, 0.15) is 11.1 Å². The van der Waals surface area contributed by atoms with E-state index >= 15 is 0 Å². The van der Waals surface area contributed by atoms with Crippen molar-refractivity contribution in [2.24, 2.45) is 7.05 Å². The van der Waals surface area contributed by atoms with E-state index in [4.69, 9.17) is 5.73 Å². The van der Waals surface area contributed by atoms with E-state index in [0.29, 0.717) is 12.4 Å². The smallest absolute Gasteiger partial charge is 0.246 e. The third-order valence-corrected chi connectivity index (χ3v) is 4.05. The summed E-state index contributed by atoms with van der Waals surface area (Å²) < 4.78 is 15.5. The fraction of sp³-hybridized carbons (Fsp3) is 0.158. The maximum Gasteiger partial charge on any atom is 0.246 e. The second kappa shape index (κ2) is 6.76. The van der Waals surface area contributed by atoms with Gasteiger partial charge in [-0.2, -0.15) is 0 Å². The molecule has 0 radical (unpaired) electrons. The summed E-state index contributed by atoms with van der Waals surface area (Å²) in [5, 5.41) is 0.814. The van der Waals surface area contributed by atoms with Crippen molar-refractivity contribution in [3.63, 3.8) is 0 Å². The molecule has 2 heterocycles. The van der Waals surface area contributed by atoms with Gasteiger partial charge in [-0.3, -0.25) is 4.79 Å². The van der Waals surface area contributed by atoms with Crippen LogP contribution < -0.4 is 5.73 Å². The monoisotopic (exact) mass is 338 g/mol. The molecule has 2 N–H and O–H groups in total. The minimum absolute atomic E-state index is 0.148. The summed E-state index contributed by atoms with van der Waals surface area (Å²) in [7, 11) is 3.62. The number of likely N-dealkylation sites (N-methyl/N-ethyl adjacent to an activating group) is 1. The van der Waals surface area contributed by atoms with Crippen molar-refractivity contribution in [2.45, 2.75) is 6.54 Å². The third-order valence-electron chi connectivity index (χ3n) is 4.05. The molecular formula is C19H19FN4O. The Morgan fingerprint density at radius 2 is 2.16 bits per heavy atom. The zero-order chi connectivity index (χ0) is 18.0. The van der Waals surface area contributed by atoms with Crippen molar-refractivity contribution in [3.05, 3.63) is 65.7 Å². The zero-order valence-electron chi connectivity index (χ0n) is 14.1. The number of carbonyl (C=O) groups is 1. The first kappa shape index (κ1) is 16.7. The highest BCUT2D eigenvalue weighted by Gasteiger charge is 2.12. The number of pyridine rings is 1. The number of carbonyl (C=O) groups excluding carboxylic acids is 1. The molecule has 0 atom stereocenters. The minimum Gasteiger partial charge on any atom is -0.384 e. The average Bonchev–Trinajstić information content (AvgIpc) is 2.89. The van der Waals surface area contributed by atoms with E-state index in [9.17, 15) is 9.18 Å². The number of halogens is 1. The Hall–Kier alpha value is -3.15. The molecule has 25 heavy (non-hydrogen) atoms. The fourth-order valence-corrected chi connectivity index (χ4v) is 2.72. The number of rotatable bonds is 4. The van der Waals surface area contributed by atoms with Crippen LogP contribution in [0.3, 0.4) is 0 Å². The van der Waals surface area contributed by atoms with Gasteiger partial charge in [0.25, 0.3) is 0 Å². The summed E-state index contributed by atoms with van der Waals surface area (Å²) >= 11 is 0. The molecule has 0 spiro atoms. The molecule has 0 saturated carbocycles. The van der Waals surface area contributed by atoms with Crippen LogP contribution in [-0.4, -0.2) is 27.4 Å². The average molecular weight is 338 g/mol.